The van der Waals surface area contributed by atoms with Crippen LogP contribution in [0.3, 0.4) is 0 Å². The van der Waals surface area contributed by atoms with Crippen molar-refractivity contribution >= 4 is 44.8 Å². The molecule has 0 heterocycles. The molecule has 0 aromatic heterocycles. The minimum atomic E-state index is -4.14. The number of likely N-dealkylation sites (N-methyl/N-ethyl adjacent to an activating group) is 1. The van der Waals surface area contributed by atoms with E-state index in [1.54, 1.807) is 0 Å². The largest absolute Gasteiger partial charge is 0.320 e. The standard InChI is InChI=1S/C16H14Cl2F2N2O3S/c1-2-22(26(24,25)14-8-10(17)6-7-11(14)18)9-15(23)21-16-12(19)4-3-5-13(16)20/h3-8H,2,9H2,1H3,(H,21,23). The van der Waals surface area contributed by atoms with Gasteiger partial charge in [-0.1, -0.05) is 36.2 Å². The molecule has 10 heteroatoms. The Bertz CT molecular complexity index is 919. The third kappa shape index (κ3) is 4.50. The number of hydrogen-bond acceptors (Lipinski definition) is 3. The molecule has 0 bridgehead atoms. The molecular weight excluding hydrogens is 409 g/mol. The lowest BCUT2D eigenvalue weighted by atomic mass is 10.3. The number of anilines is 1. The van der Waals surface area contributed by atoms with Gasteiger partial charge in [0.1, 0.15) is 22.2 Å². The highest BCUT2D eigenvalue weighted by atomic mass is 35.5. The number of nitrogens with one attached hydrogen (secondary N) is 1. The van der Waals surface area contributed by atoms with E-state index >= 15 is 0 Å². The van der Waals surface area contributed by atoms with Crippen molar-refractivity contribution in [3.8, 4) is 0 Å². The summed E-state index contributed by atoms with van der Waals surface area (Å²) in [6.45, 7) is 0.779. The van der Waals surface area contributed by atoms with E-state index in [1.165, 1.54) is 19.1 Å². The third-order valence-corrected chi connectivity index (χ3v) is 6.05. The van der Waals surface area contributed by atoms with Crippen LogP contribution < -0.4 is 5.32 Å². The van der Waals surface area contributed by atoms with Crippen molar-refractivity contribution < 1.29 is 22.0 Å². The van der Waals surface area contributed by atoms with Crippen LogP contribution in [-0.4, -0.2) is 31.7 Å². The smallest absolute Gasteiger partial charge is 0.245 e. The highest BCUT2D eigenvalue weighted by molar-refractivity contribution is 7.89. The second kappa shape index (κ2) is 8.30. The summed E-state index contributed by atoms with van der Waals surface area (Å²) in [5.74, 6) is -2.85. The lowest BCUT2D eigenvalue weighted by Gasteiger charge is -2.21. The summed E-state index contributed by atoms with van der Waals surface area (Å²) in [6.07, 6.45) is 0. The summed E-state index contributed by atoms with van der Waals surface area (Å²) in [4.78, 5) is 11.8. The number of para-hydroxylation sites is 1. The topological polar surface area (TPSA) is 66.5 Å². The van der Waals surface area contributed by atoms with E-state index in [9.17, 15) is 22.0 Å². The zero-order valence-corrected chi connectivity index (χ0v) is 15.8. The van der Waals surface area contributed by atoms with Crippen molar-refractivity contribution in [3.05, 3.63) is 58.1 Å². The van der Waals surface area contributed by atoms with Gasteiger partial charge in [0.25, 0.3) is 0 Å². The van der Waals surface area contributed by atoms with Crippen molar-refractivity contribution in [2.75, 3.05) is 18.4 Å². The highest BCUT2D eigenvalue weighted by Gasteiger charge is 2.28. The van der Waals surface area contributed by atoms with Crippen molar-refractivity contribution in [3.63, 3.8) is 0 Å². The first-order valence-corrected chi connectivity index (χ1v) is 9.55. The van der Waals surface area contributed by atoms with Gasteiger partial charge < -0.3 is 5.32 Å². The highest BCUT2D eigenvalue weighted by Crippen LogP contribution is 2.27. The normalized spacial score (nSPS) is 11.6. The molecule has 0 atom stereocenters. The SMILES string of the molecule is CCN(CC(=O)Nc1c(F)cccc1F)S(=O)(=O)c1cc(Cl)ccc1Cl. The molecule has 1 amide bonds. The van der Waals surface area contributed by atoms with Crippen molar-refractivity contribution in [2.45, 2.75) is 11.8 Å². The van der Waals surface area contributed by atoms with Gasteiger partial charge in [0.2, 0.25) is 15.9 Å². The number of nitrogens with zero attached hydrogens (tertiary/aromatic N) is 1. The maximum atomic E-state index is 13.6. The number of benzene rings is 2. The number of sulfonamides is 1. The predicted molar refractivity (Wildman–Crippen MR) is 95.9 cm³/mol. The van der Waals surface area contributed by atoms with Crippen molar-refractivity contribution in [1.29, 1.82) is 0 Å². The molecule has 0 saturated heterocycles. The van der Waals surface area contributed by atoms with E-state index in [4.69, 9.17) is 23.2 Å². The van der Waals surface area contributed by atoms with Crippen molar-refractivity contribution in [2.24, 2.45) is 0 Å². The second-order valence-corrected chi connectivity index (χ2v) is 7.90. The Kier molecular flexibility index (Phi) is 6.57. The molecule has 2 aromatic carbocycles. The molecule has 0 unspecified atom stereocenters. The number of amides is 1. The number of halogens is 4. The van der Waals surface area contributed by atoms with Crippen LogP contribution in [0, 0.1) is 11.6 Å². The van der Waals surface area contributed by atoms with Gasteiger partial charge in [0, 0.05) is 11.6 Å². The maximum absolute atomic E-state index is 13.6. The Morgan fingerprint density at radius 2 is 1.77 bits per heavy atom. The molecule has 140 valence electrons. The van der Waals surface area contributed by atoms with Crippen LogP contribution >= 0.6 is 23.2 Å². The molecule has 0 aliphatic carbocycles. The fourth-order valence-corrected chi connectivity index (χ4v) is 4.28. The number of hydrogen-bond donors (Lipinski definition) is 1. The summed E-state index contributed by atoms with van der Waals surface area (Å²) in [5.41, 5.74) is -0.647. The summed E-state index contributed by atoms with van der Waals surface area (Å²) in [6, 6.07) is 6.99. The Balaban J connectivity index is 2.25. The van der Waals surface area contributed by atoms with Crippen LogP contribution in [-0.2, 0) is 14.8 Å². The zero-order chi connectivity index (χ0) is 19.5. The molecule has 2 rings (SSSR count). The third-order valence-electron chi connectivity index (χ3n) is 3.41. The molecule has 0 spiro atoms. The van der Waals surface area contributed by atoms with Crippen LogP contribution in [0.1, 0.15) is 6.92 Å². The summed E-state index contributed by atoms with van der Waals surface area (Å²) in [5, 5.41) is 2.13. The monoisotopic (exact) mass is 422 g/mol. The van der Waals surface area contributed by atoms with E-state index in [0.717, 1.165) is 28.6 Å². The molecule has 2 aromatic rings. The Morgan fingerprint density at radius 1 is 1.15 bits per heavy atom. The summed E-state index contributed by atoms with van der Waals surface area (Å²) < 4.78 is 53.5. The van der Waals surface area contributed by atoms with Gasteiger partial charge in [-0.15, -0.1) is 0 Å². The molecule has 26 heavy (non-hydrogen) atoms. The van der Waals surface area contributed by atoms with Crippen LogP contribution in [0.5, 0.6) is 0 Å². The van der Waals surface area contributed by atoms with Gasteiger partial charge in [0.15, 0.2) is 0 Å². The molecule has 0 radical (unpaired) electrons. The van der Waals surface area contributed by atoms with E-state index < -0.39 is 39.8 Å². The molecule has 0 aliphatic heterocycles. The Hall–Kier alpha value is -1.74. The van der Waals surface area contributed by atoms with Gasteiger partial charge in [-0.25, -0.2) is 17.2 Å². The molecule has 1 N–H and O–H groups in total. The van der Waals surface area contributed by atoms with Crippen LogP contribution in [0.4, 0.5) is 14.5 Å². The first kappa shape index (κ1) is 20.6. The molecule has 0 saturated carbocycles. The van der Waals surface area contributed by atoms with Gasteiger partial charge in [-0.2, -0.15) is 4.31 Å². The predicted octanol–water partition coefficient (Wildman–Crippen LogP) is 3.92. The molecule has 0 aliphatic rings. The maximum Gasteiger partial charge on any atom is 0.245 e. The lowest BCUT2D eigenvalue weighted by molar-refractivity contribution is -0.116. The second-order valence-electron chi connectivity index (χ2n) is 5.15. The fraction of sp³-hybridized carbons (Fsp3) is 0.188. The van der Waals surface area contributed by atoms with Crippen molar-refractivity contribution in [1.82, 2.24) is 4.31 Å². The lowest BCUT2D eigenvalue weighted by Crippen LogP contribution is -2.38. The van der Waals surface area contributed by atoms with Crippen LogP contribution in [0.2, 0.25) is 10.0 Å². The van der Waals surface area contributed by atoms with E-state index in [0.29, 0.717) is 0 Å². The average Bonchev–Trinajstić information content (AvgIpc) is 2.58. The number of carbonyl (C=O) groups excluding carboxylic acids is 1. The molecular formula is C16H14Cl2F2N2O3S. The van der Waals surface area contributed by atoms with E-state index in [1.807, 2.05) is 5.32 Å². The number of rotatable bonds is 6. The van der Waals surface area contributed by atoms with Crippen LogP contribution in [0.25, 0.3) is 0 Å². The average molecular weight is 423 g/mol. The van der Waals surface area contributed by atoms with E-state index in [2.05, 4.69) is 0 Å². The Morgan fingerprint density at radius 3 is 2.35 bits per heavy atom. The van der Waals surface area contributed by atoms with Gasteiger partial charge in [-0.3, -0.25) is 4.79 Å². The summed E-state index contributed by atoms with van der Waals surface area (Å²) in [7, 11) is -4.14. The van der Waals surface area contributed by atoms with E-state index in [-0.39, 0.29) is 21.5 Å². The first-order chi connectivity index (χ1) is 12.2. The number of carbonyl (C=O) groups is 1. The van der Waals surface area contributed by atoms with Crippen LogP contribution in [0.15, 0.2) is 41.3 Å². The zero-order valence-electron chi connectivity index (χ0n) is 13.5. The van der Waals surface area contributed by atoms with Gasteiger partial charge in [0.05, 0.1) is 11.6 Å². The molecule has 5 nitrogen and oxygen atoms in total. The first-order valence-electron chi connectivity index (χ1n) is 7.36. The van der Waals surface area contributed by atoms with Gasteiger partial charge in [-0.05, 0) is 30.3 Å². The quantitative estimate of drug-likeness (QED) is 0.766. The fourth-order valence-electron chi connectivity index (χ4n) is 2.14. The summed E-state index contributed by atoms with van der Waals surface area (Å²) >= 11 is 11.7. The minimum Gasteiger partial charge on any atom is -0.320 e. The Labute approximate surface area is 159 Å². The minimum absolute atomic E-state index is 0.0617. The van der Waals surface area contributed by atoms with Gasteiger partial charge >= 0.3 is 0 Å². The molecule has 0 fully saturated rings.